The predicted molar refractivity (Wildman–Crippen MR) is 95.5 cm³/mol. The molecule has 2 aromatic rings. The van der Waals surface area contributed by atoms with E-state index in [9.17, 15) is 9.59 Å². The molecule has 2 amide bonds. The van der Waals surface area contributed by atoms with Crippen LogP contribution in [0, 0.1) is 5.92 Å². The minimum absolute atomic E-state index is 0.0852. The van der Waals surface area contributed by atoms with Crippen molar-refractivity contribution in [2.75, 3.05) is 22.5 Å². The molecule has 130 valence electrons. The molecule has 1 saturated carbocycles. The number of nitrogens with one attached hydrogen (secondary N) is 3. The molecule has 7 heteroatoms. The Morgan fingerprint density at radius 1 is 1.20 bits per heavy atom. The third kappa shape index (κ3) is 3.65. The molecule has 0 atom stereocenters. The molecule has 25 heavy (non-hydrogen) atoms. The van der Waals surface area contributed by atoms with Crippen LogP contribution >= 0.6 is 0 Å². The summed E-state index contributed by atoms with van der Waals surface area (Å²) in [7, 11) is 0. The monoisotopic (exact) mass is 339 g/mol. The van der Waals surface area contributed by atoms with E-state index in [1.54, 1.807) is 6.20 Å². The van der Waals surface area contributed by atoms with Crippen molar-refractivity contribution in [3.63, 3.8) is 0 Å². The fourth-order valence-corrected chi connectivity index (χ4v) is 2.94. The lowest BCUT2D eigenvalue weighted by Gasteiger charge is -2.17. The Hall–Kier alpha value is -2.83. The Morgan fingerprint density at radius 2 is 2.00 bits per heavy atom. The zero-order valence-corrected chi connectivity index (χ0v) is 13.9. The van der Waals surface area contributed by atoms with E-state index >= 15 is 0 Å². The van der Waals surface area contributed by atoms with E-state index in [4.69, 9.17) is 0 Å². The second-order valence-corrected chi connectivity index (χ2v) is 6.60. The van der Waals surface area contributed by atoms with Crippen LogP contribution in [0.25, 0.3) is 0 Å². The number of carbonyl (C=O) groups excluding carboxylic acids is 2. The van der Waals surface area contributed by atoms with E-state index in [2.05, 4.69) is 21.0 Å². The Bertz CT molecular complexity index is 792. The molecule has 0 spiro atoms. The van der Waals surface area contributed by atoms with Crippen LogP contribution in [-0.4, -0.2) is 28.1 Å². The number of rotatable bonds is 5. The molecule has 1 aliphatic carbocycles. The lowest BCUT2D eigenvalue weighted by atomic mass is 10.1. The summed E-state index contributed by atoms with van der Waals surface area (Å²) in [6.07, 6.45) is 4.96. The van der Waals surface area contributed by atoms with Gasteiger partial charge < -0.3 is 16.0 Å². The fourth-order valence-electron chi connectivity index (χ4n) is 2.94. The van der Waals surface area contributed by atoms with E-state index in [0.717, 1.165) is 55.1 Å². The van der Waals surface area contributed by atoms with Gasteiger partial charge in [0.1, 0.15) is 11.5 Å². The third-order valence-corrected chi connectivity index (χ3v) is 4.49. The molecule has 1 aromatic heterocycles. The van der Waals surface area contributed by atoms with Crippen LogP contribution in [0.4, 0.5) is 17.2 Å². The van der Waals surface area contributed by atoms with Gasteiger partial charge in [0.2, 0.25) is 11.8 Å². The van der Waals surface area contributed by atoms with Crippen LogP contribution in [0.15, 0.2) is 30.5 Å². The summed E-state index contributed by atoms with van der Waals surface area (Å²) in [5, 5.41) is 13.4. The average Bonchev–Trinajstić information content (AvgIpc) is 3.40. The maximum Gasteiger partial charge on any atom is 0.228 e. The number of aromatic nitrogens is 2. The summed E-state index contributed by atoms with van der Waals surface area (Å²) in [4.78, 5) is 24.0. The molecule has 0 bridgehead atoms. The van der Waals surface area contributed by atoms with Gasteiger partial charge in [-0.05, 0) is 37.0 Å². The van der Waals surface area contributed by atoms with Crippen LogP contribution in [0.5, 0.6) is 0 Å². The summed E-state index contributed by atoms with van der Waals surface area (Å²) in [5.74, 6) is 1.06. The zero-order valence-electron chi connectivity index (χ0n) is 13.9. The van der Waals surface area contributed by atoms with E-state index in [-0.39, 0.29) is 24.2 Å². The van der Waals surface area contributed by atoms with Gasteiger partial charge in [0.15, 0.2) is 0 Å². The van der Waals surface area contributed by atoms with Gasteiger partial charge in [-0.1, -0.05) is 12.1 Å². The van der Waals surface area contributed by atoms with E-state index in [0.29, 0.717) is 0 Å². The van der Waals surface area contributed by atoms with Crippen molar-refractivity contribution in [2.45, 2.75) is 32.2 Å². The molecule has 1 aromatic carbocycles. The minimum Gasteiger partial charge on any atom is -0.368 e. The van der Waals surface area contributed by atoms with Crippen molar-refractivity contribution in [1.29, 1.82) is 0 Å². The average molecular weight is 339 g/mol. The normalized spacial score (nSPS) is 15.8. The number of carbonyl (C=O) groups is 2. The van der Waals surface area contributed by atoms with Gasteiger partial charge in [0.25, 0.3) is 0 Å². The number of anilines is 3. The maximum absolute atomic E-state index is 12.3. The first-order valence-electron chi connectivity index (χ1n) is 8.68. The number of amides is 2. The van der Waals surface area contributed by atoms with Gasteiger partial charge >= 0.3 is 0 Å². The molecule has 2 heterocycles. The number of fused-ring (bicyclic) bond motifs is 1. The molecule has 1 fully saturated rings. The summed E-state index contributed by atoms with van der Waals surface area (Å²) >= 11 is 0. The molecule has 0 radical (unpaired) electrons. The fraction of sp³-hybridized carbons (Fsp3) is 0.389. The number of hydrogen-bond donors (Lipinski definition) is 3. The summed E-state index contributed by atoms with van der Waals surface area (Å²) < 4.78 is 1.87. The van der Waals surface area contributed by atoms with Gasteiger partial charge in [-0.3, -0.25) is 9.59 Å². The van der Waals surface area contributed by atoms with Crippen molar-refractivity contribution < 1.29 is 9.59 Å². The van der Waals surface area contributed by atoms with E-state index in [1.807, 2.05) is 28.9 Å². The lowest BCUT2D eigenvalue weighted by Crippen LogP contribution is -2.20. The lowest BCUT2D eigenvalue weighted by molar-refractivity contribution is -0.117. The van der Waals surface area contributed by atoms with Gasteiger partial charge in [0, 0.05) is 24.7 Å². The Kier molecular flexibility index (Phi) is 4.13. The molecule has 4 rings (SSSR count). The van der Waals surface area contributed by atoms with Gasteiger partial charge in [-0.15, -0.1) is 0 Å². The zero-order chi connectivity index (χ0) is 17.2. The maximum atomic E-state index is 12.3. The minimum atomic E-state index is -0.0852. The van der Waals surface area contributed by atoms with E-state index < -0.39 is 0 Å². The Morgan fingerprint density at radius 3 is 2.76 bits per heavy atom. The van der Waals surface area contributed by atoms with Crippen molar-refractivity contribution in [3.8, 4) is 0 Å². The second kappa shape index (κ2) is 6.58. The predicted octanol–water partition coefficient (Wildman–Crippen LogP) is 2.23. The van der Waals surface area contributed by atoms with Crippen LogP contribution in [0.1, 0.15) is 24.8 Å². The number of benzene rings is 1. The largest absolute Gasteiger partial charge is 0.368 e. The molecular weight excluding hydrogens is 318 g/mol. The van der Waals surface area contributed by atoms with Crippen molar-refractivity contribution >= 4 is 29.0 Å². The highest BCUT2D eigenvalue weighted by Crippen LogP contribution is 2.30. The van der Waals surface area contributed by atoms with Gasteiger partial charge in [-0.25, -0.2) is 4.68 Å². The SMILES string of the molecule is O=C(Cc1ccc(NC(=O)C2CC2)cc1)Nc1cnn2c1NCCC2. The number of aryl methyl sites for hydroxylation is 1. The number of nitrogens with zero attached hydrogens (tertiary/aromatic N) is 2. The molecule has 0 unspecified atom stereocenters. The van der Waals surface area contributed by atoms with Crippen LogP contribution in [0.3, 0.4) is 0 Å². The molecule has 1 aliphatic heterocycles. The van der Waals surface area contributed by atoms with Gasteiger partial charge in [-0.2, -0.15) is 5.10 Å². The number of hydrogen-bond acceptors (Lipinski definition) is 4. The van der Waals surface area contributed by atoms with Crippen molar-refractivity contribution in [1.82, 2.24) is 9.78 Å². The first kappa shape index (κ1) is 15.7. The molecule has 2 aliphatic rings. The highest BCUT2D eigenvalue weighted by molar-refractivity contribution is 5.95. The van der Waals surface area contributed by atoms with E-state index in [1.165, 1.54) is 0 Å². The topological polar surface area (TPSA) is 88.1 Å². The second-order valence-electron chi connectivity index (χ2n) is 6.60. The van der Waals surface area contributed by atoms with Crippen LogP contribution in [-0.2, 0) is 22.6 Å². The molecule has 3 N–H and O–H groups in total. The Balaban J connectivity index is 1.34. The molecular formula is C18H21N5O2. The van der Waals surface area contributed by atoms with Crippen LogP contribution < -0.4 is 16.0 Å². The first-order chi connectivity index (χ1) is 12.2. The molecule has 0 saturated heterocycles. The Labute approximate surface area is 145 Å². The third-order valence-electron chi connectivity index (χ3n) is 4.49. The highest BCUT2D eigenvalue weighted by atomic mass is 16.2. The first-order valence-corrected chi connectivity index (χ1v) is 8.68. The van der Waals surface area contributed by atoms with Crippen LogP contribution in [0.2, 0.25) is 0 Å². The standard InChI is InChI=1S/C18H21N5O2/c24-16(22-15-11-20-23-9-1-8-19-17(15)23)10-12-2-6-14(7-3-12)21-18(25)13-4-5-13/h2-3,6-7,11,13,19H,1,4-5,8-10H2,(H,21,25)(H,22,24). The quantitative estimate of drug-likeness (QED) is 0.779. The smallest absolute Gasteiger partial charge is 0.228 e. The summed E-state index contributed by atoms with van der Waals surface area (Å²) in [6, 6.07) is 7.42. The van der Waals surface area contributed by atoms with Crippen molar-refractivity contribution in [2.24, 2.45) is 5.92 Å². The van der Waals surface area contributed by atoms with Crippen molar-refractivity contribution in [3.05, 3.63) is 36.0 Å². The summed E-state index contributed by atoms with van der Waals surface area (Å²) in [5.41, 5.74) is 2.39. The van der Waals surface area contributed by atoms with Gasteiger partial charge in [0.05, 0.1) is 12.6 Å². The highest BCUT2D eigenvalue weighted by Gasteiger charge is 2.29. The summed E-state index contributed by atoms with van der Waals surface area (Å²) in [6.45, 7) is 1.76. The molecule has 7 nitrogen and oxygen atoms in total.